The summed E-state index contributed by atoms with van der Waals surface area (Å²) in [7, 11) is 1.97. The lowest BCUT2D eigenvalue weighted by molar-refractivity contribution is 0.318. The molecule has 0 amide bonds. The second-order valence-corrected chi connectivity index (χ2v) is 5.44. The molecule has 0 atom stereocenters. The van der Waals surface area contributed by atoms with Crippen LogP contribution in [0.2, 0.25) is 0 Å². The van der Waals surface area contributed by atoms with Crippen LogP contribution in [0.1, 0.15) is 16.7 Å². The monoisotopic (exact) mass is 293 g/mol. The van der Waals surface area contributed by atoms with E-state index in [1.807, 2.05) is 48.1 Å². The van der Waals surface area contributed by atoms with Crippen LogP contribution < -0.4 is 0 Å². The molecular formula is C18H16FN3. The first-order valence-electron chi connectivity index (χ1n) is 7.09. The number of nitrogens with zero attached hydrogens (tertiary/aromatic N) is 3. The summed E-state index contributed by atoms with van der Waals surface area (Å²) in [6.45, 7) is 1.27. The minimum Gasteiger partial charge on any atom is -0.322 e. The summed E-state index contributed by atoms with van der Waals surface area (Å²) in [5.74, 6) is -0.224. The molecular weight excluding hydrogens is 277 g/mol. The molecule has 0 radical (unpaired) electrons. The number of hydrogen-bond donors (Lipinski definition) is 0. The third-order valence-electron chi connectivity index (χ3n) is 3.66. The van der Waals surface area contributed by atoms with E-state index < -0.39 is 0 Å². The van der Waals surface area contributed by atoms with Crippen LogP contribution in [0.4, 0.5) is 4.39 Å². The molecule has 0 spiro atoms. The Balaban J connectivity index is 1.82. The number of pyridine rings is 1. The van der Waals surface area contributed by atoms with Crippen molar-refractivity contribution in [3.63, 3.8) is 0 Å². The first-order valence-corrected chi connectivity index (χ1v) is 7.09. The zero-order valence-corrected chi connectivity index (χ0v) is 12.3. The number of aromatic nitrogens is 1. The fourth-order valence-electron chi connectivity index (χ4n) is 2.72. The lowest BCUT2D eigenvalue weighted by atomic mass is 10.1. The summed E-state index contributed by atoms with van der Waals surface area (Å²) in [6, 6.07) is 14.7. The van der Waals surface area contributed by atoms with Gasteiger partial charge in [0.25, 0.3) is 0 Å². The van der Waals surface area contributed by atoms with Crippen molar-refractivity contribution in [3.05, 3.63) is 77.4 Å². The first kappa shape index (κ1) is 14.3. The second-order valence-electron chi connectivity index (χ2n) is 5.44. The highest BCUT2D eigenvalue weighted by molar-refractivity contribution is 5.65. The van der Waals surface area contributed by atoms with Crippen LogP contribution in [0.5, 0.6) is 0 Å². The van der Waals surface area contributed by atoms with E-state index in [-0.39, 0.29) is 5.82 Å². The van der Waals surface area contributed by atoms with Gasteiger partial charge in [0.15, 0.2) is 0 Å². The maximum atomic E-state index is 13.2. The smallest absolute Gasteiger partial charge is 0.123 e. The van der Waals surface area contributed by atoms with E-state index in [2.05, 4.69) is 11.0 Å². The van der Waals surface area contributed by atoms with Gasteiger partial charge in [-0.3, -0.25) is 4.90 Å². The molecule has 0 bridgehead atoms. The van der Waals surface area contributed by atoms with Gasteiger partial charge in [-0.25, -0.2) is 4.39 Å². The van der Waals surface area contributed by atoms with Crippen molar-refractivity contribution in [2.24, 2.45) is 0 Å². The SMILES string of the molecule is CN(Cc1cccc(F)c1)Cc1cn2ccccc2c1C#N. The highest BCUT2D eigenvalue weighted by Gasteiger charge is 2.12. The fourth-order valence-corrected chi connectivity index (χ4v) is 2.72. The van der Waals surface area contributed by atoms with Gasteiger partial charge >= 0.3 is 0 Å². The molecule has 2 aromatic heterocycles. The molecule has 0 aliphatic heterocycles. The number of fused-ring (bicyclic) bond motifs is 1. The molecule has 4 heteroatoms. The Morgan fingerprint density at radius 1 is 1.18 bits per heavy atom. The average Bonchev–Trinajstić information content (AvgIpc) is 2.83. The Bertz CT molecular complexity index is 845. The maximum absolute atomic E-state index is 13.2. The predicted octanol–water partition coefficient (Wildman–Crippen LogP) is 3.58. The van der Waals surface area contributed by atoms with Crippen LogP contribution in [-0.2, 0) is 13.1 Å². The molecule has 3 nitrogen and oxygen atoms in total. The van der Waals surface area contributed by atoms with Crippen LogP contribution >= 0.6 is 0 Å². The fraction of sp³-hybridized carbons (Fsp3) is 0.167. The standard InChI is InChI=1S/C18H16FN3/c1-21(11-14-5-4-6-16(19)9-14)12-15-13-22-8-3-2-7-18(22)17(15)10-20/h2-9,13H,11-12H2,1H3. The molecule has 0 unspecified atom stereocenters. The third-order valence-corrected chi connectivity index (χ3v) is 3.66. The molecule has 0 aliphatic carbocycles. The number of halogens is 1. The molecule has 0 saturated carbocycles. The molecule has 2 heterocycles. The van der Waals surface area contributed by atoms with Crippen molar-refractivity contribution in [1.82, 2.24) is 9.30 Å². The van der Waals surface area contributed by atoms with E-state index in [0.717, 1.165) is 16.6 Å². The zero-order valence-electron chi connectivity index (χ0n) is 12.3. The van der Waals surface area contributed by atoms with E-state index in [4.69, 9.17) is 0 Å². The normalized spacial score (nSPS) is 11.0. The number of rotatable bonds is 4. The third kappa shape index (κ3) is 2.85. The van der Waals surface area contributed by atoms with Crippen molar-refractivity contribution < 1.29 is 4.39 Å². The molecule has 1 aromatic carbocycles. The van der Waals surface area contributed by atoms with E-state index in [1.54, 1.807) is 6.07 Å². The first-order chi connectivity index (χ1) is 10.7. The van der Waals surface area contributed by atoms with Gasteiger partial charge in [-0.2, -0.15) is 5.26 Å². The Morgan fingerprint density at radius 2 is 2.05 bits per heavy atom. The van der Waals surface area contributed by atoms with Crippen molar-refractivity contribution in [3.8, 4) is 6.07 Å². The molecule has 3 aromatic rings. The Labute approximate surface area is 128 Å². The molecule has 22 heavy (non-hydrogen) atoms. The highest BCUT2D eigenvalue weighted by Crippen LogP contribution is 2.19. The molecule has 3 rings (SSSR count). The van der Waals surface area contributed by atoms with E-state index in [1.165, 1.54) is 12.1 Å². The van der Waals surface area contributed by atoms with Gasteiger partial charge in [-0.05, 0) is 36.9 Å². The number of benzene rings is 1. The van der Waals surface area contributed by atoms with E-state index in [9.17, 15) is 9.65 Å². The summed E-state index contributed by atoms with van der Waals surface area (Å²) in [5, 5.41) is 9.41. The molecule has 0 saturated heterocycles. The van der Waals surface area contributed by atoms with Gasteiger partial charge in [0.1, 0.15) is 11.9 Å². The topological polar surface area (TPSA) is 31.4 Å². The van der Waals surface area contributed by atoms with Crippen molar-refractivity contribution in [2.75, 3.05) is 7.05 Å². The maximum Gasteiger partial charge on any atom is 0.123 e. The Hall–Kier alpha value is -2.64. The van der Waals surface area contributed by atoms with Crippen molar-refractivity contribution in [2.45, 2.75) is 13.1 Å². The lowest BCUT2D eigenvalue weighted by Gasteiger charge is -2.16. The average molecular weight is 293 g/mol. The minimum atomic E-state index is -0.224. The van der Waals surface area contributed by atoms with Gasteiger partial charge in [0.2, 0.25) is 0 Å². The second kappa shape index (κ2) is 6.00. The molecule has 0 fully saturated rings. The van der Waals surface area contributed by atoms with Gasteiger partial charge in [0.05, 0.1) is 11.1 Å². The molecule has 0 aliphatic rings. The quantitative estimate of drug-likeness (QED) is 0.736. The summed E-state index contributed by atoms with van der Waals surface area (Å²) in [4.78, 5) is 2.07. The van der Waals surface area contributed by atoms with Gasteiger partial charge in [-0.1, -0.05) is 18.2 Å². The molecule has 0 N–H and O–H groups in total. The zero-order chi connectivity index (χ0) is 15.5. The number of hydrogen-bond acceptors (Lipinski definition) is 2. The highest BCUT2D eigenvalue weighted by atomic mass is 19.1. The van der Waals surface area contributed by atoms with Crippen LogP contribution in [0.3, 0.4) is 0 Å². The van der Waals surface area contributed by atoms with Gasteiger partial charge < -0.3 is 4.40 Å². The largest absolute Gasteiger partial charge is 0.322 e. The van der Waals surface area contributed by atoms with Crippen LogP contribution in [0.15, 0.2) is 54.9 Å². The Kier molecular flexibility index (Phi) is 3.90. The van der Waals surface area contributed by atoms with Crippen LogP contribution in [-0.4, -0.2) is 16.3 Å². The molecule has 110 valence electrons. The summed E-state index contributed by atoms with van der Waals surface area (Å²) >= 11 is 0. The van der Waals surface area contributed by atoms with E-state index >= 15 is 0 Å². The minimum absolute atomic E-state index is 0.224. The number of nitriles is 1. The lowest BCUT2D eigenvalue weighted by Crippen LogP contribution is -2.17. The summed E-state index contributed by atoms with van der Waals surface area (Å²) < 4.78 is 15.2. The Morgan fingerprint density at radius 3 is 2.82 bits per heavy atom. The van der Waals surface area contributed by atoms with Crippen LogP contribution in [0.25, 0.3) is 5.52 Å². The van der Waals surface area contributed by atoms with E-state index in [0.29, 0.717) is 18.7 Å². The van der Waals surface area contributed by atoms with Gasteiger partial charge in [-0.15, -0.1) is 0 Å². The summed E-state index contributed by atoms with van der Waals surface area (Å²) in [5.41, 5.74) is 3.52. The predicted molar refractivity (Wildman–Crippen MR) is 83.7 cm³/mol. The van der Waals surface area contributed by atoms with Gasteiger partial charge in [0, 0.05) is 31.0 Å². The van der Waals surface area contributed by atoms with Crippen molar-refractivity contribution in [1.29, 1.82) is 5.26 Å². The van der Waals surface area contributed by atoms with Crippen LogP contribution in [0, 0.1) is 17.1 Å². The summed E-state index contributed by atoms with van der Waals surface area (Å²) in [6.07, 6.45) is 3.92. The van der Waals surface area contributed by atoms with Crippen molar-refractivity contribution >= 4 is 5.52 Å².